The van der Waals surface area contributed by atoms with E-state index in [0.717, 1.165) is 12.0 Å². The molecule has 1 amide bonds. The molecule has 1 aromatic carbocycles. The van der Waals surface area contributed by atoms with Crippen LogP contribution in [0.4, 0.5) is 0 Å². The molecule has 1 fully saturated rings. The van der Waals surface area contributed by atoms with E-state index in [-0.39, 0.29) is 24.2 Å². The normalized spacial score (nSPS) is 24.8. The van der Waals surface area contributed by atoms with E-state index in [1.807, 2.05) is 30.0 Å². The van der Waals surface area contributed by atoms with Gasteiger partial charge in [-0.15, -0.1) is 0 Å². The van der Waals surface area contributed by atoms with Gasteiger partial charge in [-0.05, 0) is 25.8 Å². The first-order chi connectivity index (χ1) is 9.15. The monoisotopic (exact) mass is 262 g/mol. The maximum atomic E-state index is 12.3. The summed E-state index contributed by atoms with van der Waals surface area (Å²) in [6.07, 6.45) is 0.815. The van der Waals surface area contributed by atoms with Gasteiger partial charge in [-0.2, -0.15) is 0 Å². The Balaban J connectivity index is 2.19. The van der Waals surface area contributed by atoms with Crippen molar-refractivity contribution in [2.45, 2.75) is 38.5 Å². The molecule has 104 valence electrons. The quantitative estimate of drug-likeness (QED) is 0.881. The molecule has 1 saturated heterocycles. The van der Waals surface area contributed by atoms with Crippen molar-refractivity contribution in [3.8, 4) is 0 Å². The highest BCUT2D eigenvalue weighted by atomic mass is 16.5. The Morgan fingerprint density at radius 3 is 2.68 bits per heavy atom. The number of carbonyl (C=O) groups is 1. The molecule has 1 aliphatic rings. The summed E-state index contributed by atoms with van der Waals surface area (Å²) in [4.78, 5) is 14.3. The molecule has 4 heteroatoms. The van der Waals surface area contributed by atoms with Gasteiger partial charge in [0.1, 0.15) is 6.17 Å². The van der Waals surface area contributed by atoms with Crippen LogP contribution in [-0.4, -0.2) is 36.6 Å². The molecule has 0 radical (unpaired) electrons. The molecule has 0 aliphatic carbocycles. The highest BCUT2D eigenvalue weighted by Gasteiger charge is 2.39. The van der Waals surface area contributed by atoms with Crippen LogP contribution in [0.1, 0.15) is 32.0 Å². The van der Waals surface area contributed by atoms with E-state index < -0.39 is 0 Å². The standard InChI is InChI=1S/C15H22N2O2/c1-11(9-10-19-3)17-14(16-12(2)15(17)18)13-7-5-4-6-8-13/h4-8,11-12,14,16H,9-10H2,1-3H3. The molecular weight excluding hydrogens is 240 g/mol. The first kappa shape index (κ1) is 14.0. The lowest BCUT2D eigenvalue weighted by Crippen LogP contribution is -2.38. The number of ether oxygens (including phenoxy) is 1. The Morgan fingerprint density at radius 1 is 1.37 bits per heavy atom. The number of nitrogens with zero attached hydrogens (tertiary/aromatic N) is 1. The van der Waals surface area contributed by atoms with Crippen molar-refractivity contribution in [3.63, 3.8) is 0 Å². The van der Waals surface area contributed by atoms with E-state index in [2.05, 4.69) is 24.4 Å². The lowest BCUT2D eigenvalue weighted by molar-refractivity contribution is -0.132. The van der Waals surface area contributed by atoms with Crippen LogP contribution < -0.4 is 5.32 Å². The maximum absolute atomic E-state index is 12.3. The van der Waals surface area contributed by atoms with Crippen LogP contribution in [0.3, 0.4) is 0 Å². The number of methoxy groups -OCH3 is 1. The molecule has 0 spiro atoms. The summed E-state index contributed by atoms with van der Waals surface area (Å²) in [6.45, 7) is 4.66. The number of hydrogen-bond donors (Lipinski definition) is 1. The minimum Gasteiger partial charge on any atom is -0.385 e. The molecule has 1 heterocycles. The molecule has 1 N–H and O–H groups in total. The molecular formula is C15H22N2O2. The maximum Gasteiger partial charge on any atom is 0.241 e. The number of amides is 1. The molecule has 0 saturated carbocycles. The predicted octanol–water partition coefficient (Wildman–Crippen LogP) is 1.93. The minimum atomic E-state index is -0.129. The van der Waals surface area contributed by atoms with Crippen molar-refractivity contribution >= 4 is 5.91 Å². The Bertz CT molecular complexity index is 421. The Hall–Kier alpha value is -1.39. The van der Waals surface area contributed by atoms with Gasteiger partial charge in [-0.1, -0.05) is 30.3 Å². The van der Waals surface area contributed by atoms with Gasteiger partial charge in [0.05, 0.1) is 6.04 Å². The van der Waals surface area contributed by atoms with Gasteiger partial charge in [0.25, 0.3) is 0 Å². The highest BCUT2D eigenvalue weighted by molar-refractivity contribution is 5.84. The SMILES string of the molecule is COCCC(C)N1C(=O)C(C)NC1c1ccccc1. The summed E-state index contributed by atoms with van der Waals surface area (Å²) in [5.74, 6) is 0.164. The Kier molecular flexibility index (Phi) is 4.56. The number of carbonyl (C=O) groups excluding carboxylic acids is 1. The summed E-state index contributed by atoms with van der Waals surface area (Å²) < 4.78 is 5.12. The number of nitrogens with one attached hydrogen (secondary N) is 1. The van der Waals surface area contributed by atoms with E-state index in [4.69, 9.17) is 4.74 Å². The zero-order valence-electron chi connectivity index (χ0n) is 11.8. The van der Waals surface area contributed by atoms with E-state index >= 15 is 0 Å². The Labute approximate surface area is 114 Å². The predicted molar refractivity (Wildman–Crippen MR) is 74.6 cm³/mol. The number of benzene rings is 1. The number of rotatable bonds is 5. The van der Waals surface area contributed by atoms with Crippen molar-refractivity contribution in [2.75, 3.05) is 13.7 Å². The second-order valence-corrected chi connectivity index (χ2v) is 5.08. The van der Waals surface area contributed by atoms with Crippen LogP contribution in [0.2, 0.25) is 0 Å². The van der Waals surface area contributed by atoms with Crippen LogP contribution >= 0.6 is 0 Å². The molecule has 1 aliphatic heterocycles. The third-order valence-corrected chi connectivity index (χ3v) is 3.64. The summed E-state index contributed by atoms with van der Waals surface area (Å²) in [7, 11) is 1.69. The lowest BCUT2D eigenvalue weighted by Gasteiger charge is -2.30. The second-order valence-electron chi connectivity index (χ2n) is 5.08. The van der Waals surface area contributed by atoms with Crippen LogP contribution in [0, 0.1) is 0 Å². The van der Waals surface area contributed by atoms with Gasteiger partial charge in [0.2, 0.25) is 5.91 Å². The van der Waals surface area contributed by atoms with E-state index in [1.165, 1.54) is 0 Å². The molecule has 3 atom stereocenters. The number of hydrogen-bond acceptors (Lipinski definition) is 3. The molecule has 1 aromatic rings. The fourth-order valence-corrected chi connectivity index (χ4v) is 2.53. The molecule has 19 heavy (non-hydrogen) atoms. The van der Waals surface area contributed by atoms with Crippen molar-refractivity contribution in [2.24, 2.45) is 0 Å². The fraction of sp³-hybridized carbons (Fsp3) is 0.533. The molecule has 2 rings (SSSR count). The first-order valence-corrected chi connectivity index (χ1v) is 6.77. The zero-order chi connectivity index (χ0) is 13.8. The molecule has 0 aromatic heterocycles. The van der Waals surface area contributed by atoms with Gasteiger partial charge in [-0.25, -0.2) is 0 Å². The molecule has 4 nitrogen and oxygen atoms in total. The zero-order valence-corrected chi connectivity index (χ0v) is 11.8. The van der Waals surface area contributed by atoms with E-state index in [0.29, 0.717) is 6.61 Å². The van der Waals surface area contributed by atoms with Gasteiger partial charge < -0.3 is 9.64 Å². The van der Waals surface area contributed by atoms with Crippen molar-refractivity contribution < 1.29 is 9.53 Å². The van der Waals surface area contributed by atoms with Gasteiger partial charge in [0.15, 0.2) is 0 Å². The topological polar surface area (TPSA) is 41.6 Å². The van der Waals surface area contributed by atoms with Crippen LogP contribution in [0.15, 0.2) is 30.3 Å². The third-order valence-electron chi connectivity index (χ3n) is 3.64. The van der Waals surface area contributed by atoms with Crippen LogP contribution in [0.5, 0.6) is 0 Å². The average molecular weight is 262 g/mol. The second kappa shape index (κ2) is 6.17. The van der Waals surface area contributed by atoms with Gasteiger partial charge in [0, 0.05) is 19.8 Å². The minimum absolute atomic E-state index is 0.0319. The van der Waals surface area contributed by atoms with Gasteiger partial charge in [-0.3, -0.25) is 10.1 Å². The first-order valence-electron chi connectivity index (χ1n) is 6.77. The average Bonchev–Trinajstić information content (AvgIpc) is 2.73. The van der Waals surface area contributed by atoms with E-state index in [9.17, 15) is 4.79 Å². The summed E-state index contributed by atoms with van der Waals surface area (Å²) in [5, 5.41) is 3.36. The lowest BCUT2D eigenvalue weighted by atomic mass is 10.1. The summed E-state index contributed by atoms with van der Waals surface area (Å²) in [5.41, 5.74) is 1.13. The van der Waals surface area contributed by atoms with Crippen molar-refractivity contribution in [3.05, 3.63) is 35.9 Å². The van der Waals surface area contributed by atoms with E-state index in [1.54, 1.807) is 7.11 Å². The smallest absolute Gasteiger partial charge is 0.241 e. The Morgan fingerprint density at radius 2 is 2.05 bits per heavy atom. The summed E-state index contributed by atoms with van der Waals surface area (Å²) in [6, 6.07) is 10.1. The molecule has 0 bridgehead atoms. The largest absolute Gasteiger partial charge is 0.385 e. The van der Waals surface area contributed by atoms with Crippen molar-refractivity contribution in [1.29, 1.82) is 0 Å². The van der Waals surface area contributed by atoms with Crippen LogP contribution in [0.25, 0.3) is 0 Å². The van der Waals surface area contributed by atoms with Crippen molar-refractivity contribution in [1.82, 2.24) is 10.2 Å². The van der Waals surface area contributed by atoms with Crippen LogP contribution in [-0.2, 0) is 9.53 Å². The third kappa shape index (κ3) is 2.96. The summed E-state index contributed by atoms with van der Waals surface area (Å²) >= 11 is 0. The van der Waals surface area contributed by atoms with Gasteiger partial charge >= 0.3 is 0 Å². The fourth-order valence-electron chi connectivity index (χ4n) is 2.53. The highest BCUT2D eigenvalue weighted by Crippen LogP contribution is 2.28. The molecule has 3 unspecified atom stereocenters.